The Morgan fingerprint density at radius 2 is 1.76 bits per heavy atom. The molecule has 1 N–H and O–H groups in total. The van der Waals surface area contributed by atoms with Crippen molar-refractivity contribution in [1.29, 1.82) is 5.26 Å². The van der Waals surface area contributed by atoms with E-state index in [0.717, 1.165) is 32.6 Å². The molecule has 11 nitrogen and oxygen atoms in total. The van der Waals surface area contributed by atoms with Crippen molar-refractivity contribution in [2.45, 2.75) is 23.4 Å². The van der Waals surface area contributed by atoms with E-state index in [1.54, 1.807) is 35.2 Å². The minimum atomic E-state index is -4.48. The van der Waals surface area contributed by atoms with Gasteiger partial charge in [-0.2, -0.15) is 9.23 Å². The number of piperazine rings is 1. The normalized spacial score (nSPS) is 18.1. The van der Waals surface area contributed by atoms with E-state index in [0.29, 0.717) is 22.6 Å². The summed E-state index contributed by atoms with van der Waals surface area (Å²) in [6.07, 6.45) is 0.794. The molecule has 0 spiro atoms. The number of aromatic nitrogens is 2. The largest absolute Gasteiger partial charge is 0.491 e. The zero-order valence-electron chi connectivity index (χ0n) is 24.5. The Kier molecular flexibility index (Phi) is 8.71. The summed E-state index contributed by atoms with van der Waals surface area (Å²) < 4.78 is 47.7. The number of alkyl halides is 1. The third-order valence-electron chi connectivity index (χ3n) is 8.42. The number of nitrogens with one attached hydrogen (secondary N) is 1. The molecule has 0 radical (unpaired) electrons. The molecule has 2 saturated heterocycles. The number of likely N-dealkylation sites (tertiary alicyclic amines) is 1. The van der Waals surface area contributed by atoms with Crippen LogP contribution in [-0.2, 0) is 14.8 Å². The molecule has 3 aromatic carbocycles. The first-order valence-corrected chi connectivity index (χ1v) is 16.3. The van der Waals surface area contributed by atoms with Crippen LogP contribution in [0.15, 0.2) is 82.5 Å². The van der Waals surface area contributed by atoms with E-state index in [2.05, 4.69) is 16.3 Å². The lowest BCUT2D eigenvalue weighted by molar-refractivity contribution is -0.132. The summed E-state index contributed by atoms with van der Waals surface area (Å²) in [5, 5.41) is 13.0. The van der Waals surface area contributed by atoms with Gasteiger partial charge in [-0.05, 0) is 54.4 Å². The Morgan fingerprint density at radius 1 is 1.02 bits per heavy atom. The molecular weight excluding hydrogens is 599 g/mol. The molecule has 45 heavy (non-hydrogen) atoms. The highest BCUT2D eigenvalue weighted by Crippen LogP contribution is 2.30. The molecule has 0 bridgehead atoms. The van der Waals surface area contributed by atoms with E-state index in [9.17, 15) is 27.7 Å². The number of fused-ring (bicyclic) bond motifs is 1. The van der Waals surface area contributed by atoms with E-state index in [-0.39, 0.29) is 45.8 Å². The average Bonchev–Trinajstić information content (AvgIpc) is 3.68. The minimum absolute atomic E-state index is 0.0330. The van der Waals surface area contributed by atoms with Gasteiger partial charge < -0.3 is 15.0 Å². The maximum Gasteiger partial charge on any atom is 0.344 e. The number of rotatable bonds is 9. The lowest BCUT2D eigenvalue weighted by Crippen LogP contribution is -2.49. The number of halogens is 1. The highest BCUT2D eigenvalue weighted by atomic mass is 32.2. The molecule has 6 rings (SSSR count). The van der Waals surface area contributed by atoms with E-state index in [4.69, 9.17) is 4.74 Å². The van der Waals surface area contributed by atoms with Crippen LogP contribution < -0.4 is 15.7 Å². The molecule has 234 valence electrons. The van der Waals surface area contributed by atoms with Crippen molar-refractivity contribution in [3.8, 4) is 11.8 Å². The number of benzene rings is 3. The number of hydrogen-bond donors (Lipinski definition) is 1. The predicted octanol–water partition coefficient (Wildman–Crippen LogP) is 2.36. The standard InChI is InChI=1S/C32H33FN6O5S/c33-13-19-44-26-7-9-27(10-8-26)45(42,43)39-28-11-6-23(21-34)20-29(28)38(32(39)41)30(24-4-2-1-3-5-24)31(40)37-16-12-25(22-37)36-17-14-35-15-18-36/h1-11,20,25,30,35H,12-19,22H2. The quantitative estimate of drug-likeness (QED) is 0.298. The van der Waals surface area contributed by atoms with Crippen LogP contribution in [0.4, 0.5) is 4.39 Å². The zero-order chi connectivity index (χ0) is 31.6. The predicted molar refractivity (Wildman–Crippen MR) is 165 cm³/mol. The smallest absolute Gasteiger partial charge is 0.344 e. The Morgan fingerprint density at radius 3 is 2.44 bits per heavy atom. The Bertz CT molecular complexity index is 1900. The monoisotopic (exact) mass is 632 g/mol. The van der Waals surface area contributed by atoms with E-state index >= 15 is 0 Å². The molecule has 1 aromatic heterocycles. The van der Waals surface area contributed by atoms with Gasteiger partial charge in [-0.1, -0.05) is 30.3 Å². The summed E-state index contributed by atoms with van der Waals surface area (Å²) in [5.74, 6) is -0.0476. The molecular formula is C32H33FN6O5S. The maximum atomic E-state index is 14.4. The topological polar surface area (TPSA) is 130 Å². The van der Waals surface area contributed by atoms with Crippen molar-refractivity contribution in [2.24, 2.45) is 0 Å². The number of carbonyl (C=O) groups excluding carboxylic acids is 1. The first kappa shape index (κ1) is 30.5. The van der Waals surface area contributed by atoms with E-state index in [1.807, 2.05) is 0 Å². The van der Waals surface area contributed by atoms with Gasteiger partial charge in [-0.3, -0.25) is 14.3 Å². The molecule has 0 aliphatic carbocycles. The van der Waals surface area contributed by atoms with Crippen LogP contribution in [-0.4, -0.2) is 91.3 Å². The average molecular weight is 633 g/mol. The molecule has 2 fully saturated rings. The number of nitriles is 1. The Labute approximate surface area is 260 Å². The van der Waals surface area contributed by atoms with Crippen molar-refractivity contribution in [1.82, 2.24) is 23.7 Å². The van der Waals surface area contributed by atoms with Gasteiger partial charge in [-0.25, -0.2) is 17.6 Å². The van der Waals surface area contributed by atoms with Gasteiger partial charge in [-0.15, -0.1) is 0 Å². The van der Waals surface area contributed by atoms with Gasteiger partial charge in [0.05, 0.1) is 27.6 Å². The van der Waals surface area contributed by atoms with Crippen LogP contribution in [0, 0.1) is 11.3 Å². The van der Waals surface area contributed by atoms with Crippen LogP contribution >= 0.6 is 0 Å². The third kappa shape index (κ3) is 5.84. The fourth-order valence-electron chi connectivity index (χ4n) is 6.21. The minimum Gasteiger partial charge on any atom is -0.491 e. The first-order chi connectivity index (χ1) is 21.8. The van der Waals surface area contributed by atoms with Crippen LogP contribution in [0.3, 0.4) is 0 Å². The van der Waals surface area contributed by atoms with Crippen LogP contribution in [0.2, 0.25) is 0 Å². The molecule has 3 heterocycles. The summed E-state index contributed by atoms with van der Waals surface area (Å²) in [6.45, 7) is 3.66. The molecule has 0 saturated carbocycles. The summed E-state index contributed by atoms with van der Waals surface area (Å²) in [5.41, 5.74) is -0.0307. The molecule has 2 unspecified atom stereocenters. The Balaban J connectivity index is 1.47. The number of imidazole rings is 1. The van der Waals surface area contributed by atoms with Crippen molar-refractivity contribution < 1.29 is 22.3 Å². The van der Waals surface area contributed by atoms with Gasteiger partial charge in [0, 0.05) is 45.3 Å². The van der Waals surface area contributed by atoms with Gasteiger partial charge in [0.25, 0.3) is 15.9 Å². The zero-order valence-corrected chi connectivity index (χ0v) is 25.3. The maximum absolute atomic E-state index is 14.4. The fourth-order valence-corrected chi connectivity index (χ4v) is 7.61. The summed E-state index contributed by atoms with van der Waals surface area (Å²) in [6, 6.07) is 19.5. The number of ether oxygens (including phenoxy) is 1. The van der Waals surface area contributed by atoms with Crippen molar-refractivity contribution in [3.05, 3.63) is 94.4 Å². The van der Waals surface area contributed by atoms with Crippen molar-refractivity contribution in [2.75, 3.05) is 52.6 Å². The van der Waals surface area contributed by atoms with Gasteiger partial charge in [0.2, 0.25) is 0 Å². The number of amides is 1. The summed E-state index contributed by atoms with van der Waals surface area (Å²) in [7, 11) is -4.48. The second-order valence-electron chi connectivity index (χ2n) is 11.1. The second kappa shape index (κ2) is 12.8. The third-order valence-corrected chi connectivity index (χ3v) is 10.1. The second-order valence-corrected chi connectivity index (χ2v) is 12.9. The lowest BCUT2D eigenvalue weighted by Gasteiger charge is -2.33. The molecule has 2 aliphatic rings. The highest BCUT2D eigenvalue weighted by Gasteiger charge is 2.38. The van der Waals surface area contributed by atoms with Crippen LogP contribution in [0.5, 0.6) is 5.75 Å². The lowest BCUT2D eigenvalue weighted by atomic mass is 10.0. The van der Waals surface area contributed by atoms with Gasteiger partial charge in [0.15, 0.2) is 0 Å². The summed E-state index contributed by atoms with van der Waals surface area (Å²) >= 11 is 0. The number of nitrogens with zero attached hydrogens (tertiary/aromatic N) is 5. The Hall–Kier alpha value is -4.51. The molecule has 1 amide bonds. The van der Waals surface area contributed by atoms with Crippen LogP contribution in [0.25, 0.3) is 11.0 Å². The molecule has 4 aromatic rings. The molecule has 2 atom stereocenters. The van der Waals surface area contributed by atoms with E-state index in [1.165, 1.54) is 47.0 Å². The number of carbonyl (C=O) groups is 1. The van der Waals surface area contributed by atoms with Gasteiger partial charge in [0.1, 0.15) is 25.1 Å². The first-order valence-electron chi connectivity index (χ1n) is 14.8. The summed E-state index contributed by atoms with van der Waals surface area (Å²) in [4.78, 5) is 32.8. The SMILES string of the molecule is N#Cc1ccc2c(c1)n(C(C(=O)N1CCC(N3CCNCC3)C1)c1ccccc1)c(=O)n2S(=O)(=O)c1ccc(OCCF)cc1. The highest BCUT2D eigenvalue weighted by molar-refractivity contribution is 7.90. The number of hydrogen-bond acceptors (Lipinski definition) is 8. The molecule has 13 heteroatoms. The van der Waals surface area contributed by atoms with Gasteiger partial charge >= 0.3 is 5.69 Å². The van der Waals surface area contributed by atoms with E-state index < -0.39 is 28.4 Å². The van der Waals surface area contributed by atoms with Crippen molar-refractivity contribution in [3.63, 3.8) is 0 Å². The molecule has 2 aliphatic heterocycles. The van der Waals surface area contributed by atoms with Crippen LogP contribution in [0.1, 0.15) is 23.6 Å². The fraction of sp³-hybridized carbons (Fsp3) is 0.344. The van der Waals surface area contributed by atoms with Crippen molar-refractivity contribution >= 4 is 27.0 Å².